The van der Waals surface area contributed by atoms with Gasteiger partial charge in [0.05, 0.1) is 22.5 Å². The molecule has 188 valence electrons. The monoisotopic (exact) mass is 494 g/mol. The normalized spacial score (nSPS) is 14.8. The van der Waals surface area contributed by atoms with E-state index in [9.17, 15) is 19.2 Å². The van der Waals surface area contributed by atoms with Gasteiger partial charge in [-0.3, -0.25) is 19.2 Å². The zero-order valence-corrected chi connectivity index (χ0v) is 21.8. The van der Waals surface area contributed by atoms with E-state index in [-0.39, 0.29) is 35.4 Å². The highest BCUT2D eigenvalue weighted by molar-refractivity contribution is 6.36. The maximum atomic E-state index is 14.0. The molecule has 0 atom stereocenters. The van der Waals surface area contributed by atoms with Crippen LogP contribution in [-0.4, -0.2) is 33.4 Å². The summed E-state index contributed by atoms with van der Waals surface area (Å²) in [6, 6.07) is 17.8. The molecule has 0 N–H and O–H groups in total. The molecule has 0 aromatic heterocycles. The van der Waals surface area contributed by atoms with Crippen LogP contribution in [0.15, 0.2) is 94.6 Å². The van der Waals surface area contributed by atoms with Gasteiger partial charge in [0, 0.05) is 12.8 Å². The number of amides is 4. The minimum absolute atomic E-state index is 0.0161. The molecule has 0 spiro atoms. The highest BCUT2D eigenvalue weighted by Crippen LogP contribution is 2.47. The van der Waals surface area contributed by atoms with E-state index in [1.54, 1.807) is 54.6 Å². The van der Waals surface area contributed by atoms with Crippen LogP contribution >= 0.6 is 0 Å². The second-order valence-electron chi connectivity index (χ2n) is 9.69. The lowest BCUT2D eigenvalue weighted by Crippen LogP contribution is -2.36. The Bertz CT molecular complexity index is 1420. The fourth-order valence-electron chi connectivity index (χ4n) is 4.38. The van der Waals surface area contributed by atoms with Crippen LogP contribution in [0.1, 0.15) is 58.6 Å². The van der Waals surface area contributed by atoms with Gasteiger partial charge >= 0.3 is 0 Å². The highest BCUT2D eigenvalue weighted by Gasteiger charge is 2.52. The molecular formula is C31H30N2O4. The summed E-state index contributed by atoms with van der Waals surface area (Å²) in [5.41, 5.74) is 4.53. The minimum Gasteiger partial charge on any atom is -0.274 e. The van der Waals surface area contributed by atoms with Gasteiger partial charge in [0.1, 0.15) is 0 Å². The lowest BCUT2D eigenvalue weighted by atomic mass is 10.0. The quantitative estimate of drug-likeness (QED) is 0.487. The van der Waals surface area contributed by atoms with Crippen LogP contribution in [-0.2, 0) is 19.2 Å². The standard InChI is InChI=1S/C31H30N2O4/c1-19(2)16-17-24(34)32-28(22-12-8-6-9-13-22)26-27(30(32)36)29(23-14-10-7-11-15-23)33(31(26)37)25(35)18-21(5)20(3)4/h6-16H,17-18H2,1-5H3. The SMILES string of the molecule is CC(C)=CCC(=O)N1C(=O)C2=C(c3ccccc3)N(C(=O)CC(C)=C(C)C)C(=O)C2=C1c1ccccc1. The Balaban J connectivity index is 1.98. The summed E-state index contributed by atoms with van der Waals surface area (Å²) in [6.07, 6.45) is 1.81. The Morgan fingerprint density at radius 2 is 1.11 bits per heavy atom. The van der Waals surface area contributed by atoms with E-state index in [1.807, 2.05) is 46.8 Å². The van der Waals surface area contributed by atoms with Gasteiger partial charge in [-0.25, -0.2) is 9.80 Å². The Morgan fingerprint density at radius 1 is 0.676 bits per heavy atom. The van der Waals surface area contributed by atoms with Crippen molar-refractivity contribution in [2.75, 3.05) is 0 Å². The summed E-state index contributed by atoms with van der Waals surface area (Å²) in [4.78, 5) is 57.1. The molecule has 0 saturated carbocycles. The third-order valence-electron chi connectivity index (χ3n) is 6.55. The number of hydrogen-bond acceptors (Lipinski definition) is 4. The second kappa shape index (κ2) is 10.3. The van der Waals surface area contributed by atoms with Crippen LogP contribution in [0.25, 0.3) is 11.4 Å². The molecule has 2 aliphatic heterocycles. The second-order valence-corrected chi connectivity index (χ2v) is 9.69. The number of allylic oxidation sites excluding steroid dienone is 2. The molecule has 0 radical (unpaired) electrons. The van der Waals surface area contributed by atoms with Crippen LogP contribution < -0.4 is 0 Å². The van der Waals surface area contributed by atoms with Crippen molar-refractivity contribution in [1.29, 1.82) is 0 Å². The summed E-state index contributed by atoms with van der Waals surface area (Å²) < 4.78 is 0. The summed E-state index contributed by atoms with van der Waals surface area (Å²) in [7, 11) is 0. The van der Waals surface area contributed by atoms with Crippen molar-refractivity contribution in [2.45, 2.75) is 47.5 Å². The Morgan fingerprint density at radius 3 is 1.51 bits per heavy atom. The zero-order valence-electron chi connectivity index (χ0n) is 21.8. The number of rotatable bonds is 6. The van der Waals surface area contributed by atoms with Crippen LogP contribution in [0.5, 0.6) is 0 Å². The number of imide groups is 2. The number of nitrogens with zero attached hydrogens (tertiary/aromatic N) is 2. The van der Waals surface area contributed by atoms with Gasteiger partial charge in [0.15, 0.2) is 0 Å². The van der Waals surface area contributed by atoms with E-state index in [2.05, 4.69) is 0 Å². The van der Waals surface area contributed by atoms with Crippen molar-refractivity contribution >= 4 is 35.0 Å². The molecule has 6 heteroatoms. The molecule has 0 unspecified atom stereocenters. The van der Waals surface area contributed by atoms with Crippen molar-refractivity contribution in [1.82, 2.24) is 9.80 Å². The fourth-order valence-corrected chi connectivity index (χ4v) is 4.38. The molecule has 37 heavy (non-hydrogen) atoms. The largest absolute Gasteiger partial charge is 0.274 e. The third kappa shape index (κ3) is 4.75. The fraction of sp³-hybridized carbons (Fsp3) is 0.226. The first-order valence-corrected chi connectivity index (χ1v) is 12.2. The van der Waals surface area contributed by atoms with Gasteiger partial charge in [-0.15, -0.1) is 0 Å². The average molecular weight is 495 g/mol. The van der Waals surface area contributed by atoms with E-state index >= 15 is 0 Å². The molecule has 2 aromatic rings. The molecule has 2 aliphatic rings. The number of carbonyl (C=O) groups is 4. The maximum Gasteiger partial charge on any atom is 0.268 e. The van der Waals surface area contributed by atoms with E-state index in [1.165, 1.54) is 0 Å². The van der Waals surface area contributed by atoms with Gasteiger partial charge in [-0.2, -0.15) is 0 Å². The molecule has 6 nitrogen and oxygen atoms in total. The number of fused-ring (bicyclic) bond motifs is 1. The number of hydrogen-bond donors (Lipinski definition) is 0. The molecular weight excluding hydrogens is 464 g/mol. The Labute approximate surface area is 217 Å². The minimum atomic E-state index is -0.595. The van der Waals surface area contributed by atoms with Gasteiger partial charge in [-0.05, 0) is 45.7 Å². The summed E-state index contributed by atoms with van der Waals surface area (Å²) in [5, 5.41) is 0. The van der Waals surface area contributed by atoms with Crippen molar-refractivity contribution in [3.05, 3.63) is 106 Å². The van der Waals surface area contributed by atoms with E-state index in [0.29, 0.717) is 11.1 Å². The van der Waals surface area contributed by atoms with Crippen LogP contribution in [0.4, 0.5) is 0 Å². The summed E-state index contributed by atoms with van der Waals surface area (Å²) in [6.45, 7) is 9.43. The molecule has 0 fully saturated rings. The van der Waals surface area contributed by atoms with E-state index in [0.717, 1.165) is 26.5 Å². The lowest BCUT2D eigenvalue weighted by Gasteiger charge is -2.23. The van der Waals surface area contributed by atoms with Crippen LogP contribution in [0, 0.1) is 0 Å². The first kappa shape index (κ1) is 25.8. The van der Waals surface area contributed by atoms with Gasteiger partial charge in [-0.1, -0.05) is 83.5 Å². The van der Waals surface area contributed by atoms with Crippen molar-refractivity contribution < 1.29 is 19.2 Å². The first-order valence-electron chi connectivity index (χ1n) is 12.2. The van der Waals surface area contributed by atoms with Crippen molar-refractivity contribution in [3.63, 3.8) is 0 Å². The van der Waals surface area contributed by atoms with Crippen LogP contribution in [0.3, 0.4) is 0 Å². The number of benzene rings is 2. The molecule has 2 aromatic carbocycles. The van der Waals surface area contributed by atoms with E-state index in [4.69, 9.17) is 0 Å². The topological polar surface area (TPSA) is 74.8 Å². The zero-order chi connectivity index (χ0) is 26.9. The van der Waals surface area contributed by atoms with Crippen LogP contribution in [0.2, 0.25) is 0 Å². The first-order chi connectivity index (χ1) is 17.6. The van der Waals surface area contributed by atoms with Crippen molar-refractivity contribution in [2.24, 2.45) is 0 Å². The summed E-state index contributed by atoms with van der Waals surface area (Å²) in [5.74, 6) is -2.04. The third-order valence-corrected chi connectivity index (χ3v) is 6.55. The predicted molar refractivity (Wildman–Crippen MR) is 143 cm³/mol. The van der Waals surface area contributed by atoms with Gasteiger partial charge in [0.2, 0.25) is 11.8 Å². The smallest absolute Gasteiger partial charge is 0.268 e. The van der Waals surface area contributed by atoms with Gasteiger partial charge in [0.25, 0.3) is 11.8 Å². The molecule has 0 bridgehead atoms. The summed E-state index contributed by atoms with van der Waals surface area (Å²) >= 11 is 0. The average Bonchev–Trinajstić information content (AvgIpc) is 3.35. The molecule has 4 rings (SSSR count). The Kier molecular flexibility index (Phi) is 7.21. The van der Waals surface area contributed by atoms with E-state index < -0.39 is 23.6 Å². The molecule has 4 amide bonds. The van der Waals surface area contributed by atoms with Crippen molar-refractivity contribution in [3.8, 4) is 0 Å². The molecule has 0 saturated heterocycles. The predicted octanol–water partition coefficient (Wildman–Crippen LogP) is 5.65. The van der Waals surface area contributed by atoms with Gasteiger partial charge < -0.3 is 0 Å². The Hall–Kier alpha value is -4.32. The molecule has 2 heterocycles. The number of carbonyl (C=O) groups excluding carboxylic acids is 4. The maximum absolute atomic E-state index is 14.0. The highest BCUT2D eigenvalue weighted by atomic mass is 16.2. The molecule has 0 aliphatic carbocycles. The lowest BCUT2D eigenvalue weighted by molar-refractivity contribution is -0.138.